The van der Waals surface area contributed by atoms with Crippen molar-refractivity contribution in [2.24, 2.45) is 0 Å². The normalized spacial score (nSPS) is 11.8. The van der Waals surface area contributed by atoms with Gasteiger partial charge in [-0.15, -0.1) is 0 Å². The second kappa shape index (κ2) is 8.07. The Hall–Kier alpha value is -2.92. The molecule has 2 heterocycles. The average Bonchev–Trinajstić information content (AvgIpc) is 3.10. The summed E-state index contributed by atoms with van der Waals surface area (Å²) in [6.07, 6.45) is 1.74. The number of aromatic nitrogens is 2. The molecule has 0 atom stereocenters. The van der Waals surface area contributed by atoms with E-state index in [0.717, 1.165) is 27.6 Å². The van der Waals surface area contributed by atoms with E-state index in [-0.39, 0.29) is 5.41 Å². The average molecular weight is 418 g/mol. The van der Waals surface area contributed by atoms with Gasteiger partial charge in [0.15, 0.2) is 5.13 Å². The maximum atomic E-state index is 6.27. The van der Waals surface area contributed by atoms with Crippen molar-refractivity contribution < 1.29 is 4.74 Å². The largest absolute Gasteiger partial charge is 0.437 e. The first-order valence-electron chi connectivity index (χ1n) is 10.2. The van der Waals surface area contributed by atoms with Gasteiger partial charge in [0.2, 0.25) is 5.88 Å². The van der Waals surface area contributed by atoms with Crippen LogP contribution in [0.15, 0.2) is 60.8 Å². The fourth-order valence-electron chi connectivity index (χ4n) is 3.32. The van der Waals surface area contributed by atoms with E-state index in [1.165, 1.54) is 10.3 Å². The topological polar surface area (TPSA) is 47.0 Å². The van der Waals surface area contributed by atoms with E-state index in [4.69, 9.17) is 9.72 Å². The molecule has 0 saturated heterocycles. The quantitative estimate of drug-likeness (QED) is 0.362. The first kappa shape index (κ1) is 20.4. The van der Waals surface area contributed by atoms with E-state index < -0.39 is 0 Å². The van der Waals surface area contributed by atoms with Gasteiger partial charge < -0.3 is 10.1 Å². The minimum atomic E-state index is -0.0277. The van der Waals surface area contributed by atoms with Gasteiger partial charge in [0.05, 0.1) is 10.2 Å². The standard InChI is InChI=1S/C25H27N3OS/c1-16(2)17-12-13-19-22(15-17)30-24(27-19)28-20-10-8-14-26-23(20)29-21-11-7-6-9-18(21)25(3,4)5/h6-16H,1-5H3,(H,27,28). The molecule has 0 aliphatic rings. The van der Waals surface area contributed by atoms with Crippen LogP contribution in [0.25, 0.3) is 10.2 Å². The Kier molecular flexibility index (Phi) is 5.48. The van der Waals surface area contributed by atoms with Crippen molar-refractivity contribution in [2.75, 3.05) is 5.32 Å². The number of hydrogen-bond donors (Lipinski definition) is 1. The number of hydrogen-bond acceptors (Lipinski definition) is 5. The molecule has 0 fully saturated rings. The Labute approximate surface area is 182 Å². The maximum absolute atomic E-state index is 6.27. The fraction of sp³-hybridized carbons (Fsp3) is 0.280. The van der Waals surface area contributed by atoms with Crippen LogP contribution in [0.1, 0.15) is 51.7 Å². The Bertz CT molecular complexity index is 1170. The number of nitrogens with one attached hydrogen (secondary N) is 1. The molecule has 1 N–H and O–H groups in total. The number of fused-ring (bicyclic) bond motifs is 1. The van der Waals surface area contributed by atoms with Gasteiger partial charge in [-0.05, 0) is 47.2 Å². The summed E-state index contributed by atoms with van der Waals surface area (Å²) in [6.45, 7) is 10.9. The summed E-state index contributed by atoms with van der Waals surface area (Å²) in [7, 11) is 0. The highest BCUT2D eigenvalue weighted by atomic mass is 32.1. The number of ether oxygens (including phenoxy) is 1. The van der Waals surface area contributed by atoms with Crippen LogP contribution in [0.3, 0.4) is 0 Å². The van der Waals surface area contributed by atoms with E-state index >= 15 is 0 Å². The first-order chi connectivity index (χ1) is 14.3. The number of nitrogens with zero attached hydrogens (tertiary/aromatic N) is 2. The smallest absolute Gasteiger partial charge is 0.243 e. The van der Waals surface area contributed by atoms with Gasteiger partial charge in [-0.2, -0.15) is 0 Å². The molecule has 4 nitrogen and oxygen atoms in total. The van der Waals surface area contributed by atoms with E-state index in [1.807, 2.05) is 30.3 Å². The van der Waals surface area contributed by atoms with E-state index in [0.29, 0.717) is 11.8 Å². The van der Waals surface area contributed by atoms with E-state index in [2.05, 4.69) is 69.2 Å². The molecular formula is C25H27N3OS. The van der Waals surface area contributed by atoms with Crippen LogP contribution in [0, 0.1) is 0 Å². The molecular weight excluding hydrogens is 390 g/mol. The monoisotopic (exact) mass is 417 g/mol. The zero-order valence-electron chi connectivity index (χ0n) is 18.1. The van der Waals surface area contributed by atoms with Gasteiger partial charge in [-0.3, -0.25) is 0 Å². The number of pyridine rings is 1. The highest BCUT2D eigenvalue weighted by Crippen LogP contribution is 2.37. The molecule has 0 saturated carbocycles. The number of benzene rings is 2. The van der Waals surface area contributed by atoms with Crippen LogP contribution in [0.2, 0.25) is 0 Å². The summed E-state index contributed by atoms with van der Waals surface area (Å²) < 4.78 is 7.44. The van der Waals surface area contributed by atoms with E-state index in [1.54, 1.807) is 17.5 Å². The Morgan fingerprint density at radius 3 is 2.57 bits per heavy atom. The summed E-state index contributed by atoms with van der Waals surface area (Å²) in [5.41, 5.74) is 4.23. The molecule has 0 unspecified atom stereocenters. The lowest BCUT2D eigenvalue weighted by atomic mass is 9.86. The molecule has 0 spiro atoms. The number of rotatable bonds is 5. The van der Waals surface area contributed by atoms with Crippen molar-refractivity contribution in [1.82, 2.24) is 9.97 Å². The SMILES string of the molecule is CC(C)c1ccc2nc(Nc3cccnc3Oc3ccccc3C(C)(C)C)sc2c1. The van der Waals surface area contributed by atoms with Crippen LogP contribution in [-0.4, -0.2) is 9.97 Å². The molecule has 0 aliphatic heterocycles. The molecule has 30 heavy (non-hydrogen) atoms. The van der Waals surface area contributed by atoms with Crippen LogP contribution >= 0.6 is 11.3 Å². The van der Waals surface area contributed by atoms with Crippen molar-refractivity contribution in [3.05, 3.63) is 71.9 Å². The maximum Gasteiger partial charge on any atom is 0.243 e. The van der Waals surface area contributed by atoms with Gasteiger partial charge >= 0.3 is 0 Å². The number of thiazole rings is 1. The van der Waals surface area contributed by atoms with Crippen LogP contribution < -0.4 is 10.1 Å². The van der Waals surface area contributed by atoms with Crippen molar-refractivity contribution in [3.8, 4) is 11.6 Å². The van der Waals surface area contributed by atoms with Crippen molar-refractivity contribution in [2.45, 2.75) is 46.0 Å². The number of para-hydroxylation sites is 1. The van der Waals surface area contributed by atoms with Gasteiger partial charge in [0, 0.05) is 11.8 Å². The molecule has 0 aliphatic carbocycles. The highest BCUT2D eigenvalue weighted by Gasteiger charge is 2.20. The zero-order valence-corrected chi connectivity index (χ0v) is 18.9. The van der Waals surface area contributed by atoms with Crippen molar-refractivity contribution in [1.29, 1.82) is 0 Å². The third-order valence-corrected chi connectivity index (χ3v) is 5.93. The minimum Gasteiger partial charge on any atom is -0.437 e. The summed E-state index contributed by atoms with van der Waals surface area (Å²) in [4.78, 5) is 9.21. The zero-order chi connectivity index (χ0) is 21.3. The predicted molar refractivity (Wildman–Crippen MR) is 126 cm³/mol. The van der Waals surface area contributed by atoms with Crippen molar-refractivity contribution in [3.63, 3.8) is 0 Å². The van der Waals surface area contributed by atoms with E-state index in [9.17, 15) is 0 Å². The molecule has 2 aromatic heterocycles. The second-order valence-electron chi connectivity index (χ2n) is 8.73. The molecule has 0 radical (unpaired) electrons. The van der Waals surface area contributed by atoms with Gasteiger partial charge in [0.25, 0.3) is 0 Å². The summed E-state index contributed by atoms with van der Waals surface area (Å²) in [5.74, 6) is 1.85. The molecule has 0 bridgehead atoms. The Morgan fingerprint density at radius 2 is 1.80 bits per heavy atom. The summed E-state index contributed by atoms with van der Waals surface area (Å²) >= 11 is 1.64. The third kappa shape index (κ3) is 4.31. The van der Waals surface area contributed by atoms with Gasteiger partial charge in [0.1, 0.15) is 11.4 Å². The third-order valence-electron chi connectivity index (χ3n) is 4.99. The summed E-state index contributed by atoms with van der Waals surface area (Å²) in [6, 6.07) is 18.4. The molecule has 0 amide bonds. The lowest BCUT2D eigenvalue weighted by Gasteiger charge is -2.22. The lowest BCUT2D eigenvalue weighted by Crippen LogP contribution is -2.12. The predicted octanol–water partition coefficient (Wildman–Crippen LogP) is 7.65. The highest BCUT2D eigenvalue weighted by molar-refractivity contribution is 7.22. The lowest BCUT2D eigenvalue weighted by molar-refractivity contribution is 0.442. The van der Waals surface area contributed by atoms with Crippen LogP contribution in [-0.2, 0) is 5.41 Å². The summed E-state index contributed by atoms with van der Waals surface area (Å²) in [5, 5.41) is 4.24. The molecule has 4 rings (SSSR count). The molecule has 4 aromatic rings. The minimum absolute atomic E-state index is 0.0277. The van der Waals surface area contributed by atoms with Gasteiger partial charge in [-0.25, -0.2) is 9.97 Å². The van der Waals surface area contributed by atoms with Gasteiger partial charge in [-0.1, -0.05) is 70.2 Å². The fourth-order valence-corrected chi connectivity index (χ4v) is 4.24. The molecule has 5 heteroatoms. The molecule has 154 valence electrons. The van der Waals surface area contributed by atoms with Crippen LogP contribution in [0.4, 0.5) is 10.8 Å². The second-order valence-corrected chi connectivity index (χ2v) is 9.76. The number of anilines is 2. The Morgan fingerprint density at radius 1 is 1.00 bits per heavy atom. The first-order valence-corrected chi connectivity index (χ1v) is 11.0. The molecule has 2 aromatic carbocycles. The Balaban J connectivity index is 1.64. The van der Waals surface area contributed by atoms with Crippen LogP contribution in [0.5, 0.6) is 11.6 Å². The van der Waals surface area contributed by atoms with Crippen molar-refractivity contribution >= 4 is 32.4 Å².